The SMILES string of the molecule is Fc1c[c]on1. The lowest BCUT2D eigenvalue weighted by atomic mass is 10.7. The fraction of sp³-hybridized carbons (Fsp3) is 0. The smallest absolute Gasteiger partial charge is 0.254 e. The minimum atomic E-state index is -0.630. The van der Waals surface area contributed by atoms with Gasteiger partial charge >= 0.3 is 0 Å². The molecule has 6 heavy (non-hydrogen) atoms. The number of hydrogen-bond acceptors (Lipinski definition) is 2. The van der Waals surface area contributed by atoms with E-state index in [-0.39, 0.29) is 0 Å². The number of nitrogens with zero attached hydrogens (tertiary/aromatic N) is 1. The largest absolute Gasteiger partial charge is 0.350 e. The zero-order chi connectivity index (χ0) is 4.41. The molecular weight excluding hydrogens is 85.0 g/mol. The standard InChI is InChI=1S/C3HFNO/c4-3-1-2-6-5-3/h1H. The summed E-state index contributed by atoms with van der Waals surface area (Å²) in [5, 5.41) is 2.82. The minimum Gasteiger partial charge on any atom is -0.350 e. The molecule has 2 nitrogen and oxygen atoms in total. The number of rotatable bonds is 0. The summed E-state index contributed by atoms with van der Waals surface area (Å²) in [5.41, 5.74) is 0. The number of hydrogen-bond donors (Lipinski definition) is 0. The molecule has 0 aliphatic rings. The van der Waals surface area contributed by atoms with Gasteiger partial charge in [-0.3, -0.25) is 0 Å². The molecule has 0 saturated carbocycles. The molecule has 0 spiro atoms. The van der Waals surface area contributed by atoms with Crippen LogP contribution in [0.4, 0.5) is 4.39 Å². The molecule has 1 rings (SSSR count). The first-order valence-corrected chi connectivity index (χ1v) is 1.38. The van der Waals surface area contributed by atoms with Crippen molar-refractivity contribution in [1.82, 2.24) is 5.16 Å². The first-order chi connectivity index (χ1) is 2.89. The molecule has 0 bridgehead atoms. The van der Waals surface area contributed by atoms with Crippen molar-refractivity contribution in [2.75, 3.05) is 0 Å². The van der Waals surface area contributed by atoms with Crippen LogP contribution in [0.3, 0.4) is 0 Å². The topological polar surface area (TPSA) is 26.0 Å². The average molecular weight is 86.0 g/mol. The molecule has 3 heteroatoms. The summed E-state index contributed by atoms with van der Waals surface area (Å²) >= 11 is 0. The molecule has 1 aromatic heterocycles. The van der Waals surface area contributed by atoms with Crippen LogP contribution in [0.25, 0.3) is 0 Å². The molecule has 0 fully saturated rings. The van der Waals surface area contributed by atoms with E-state index < -0.39 is 5.95 Å². The predicted molar refractivity (Wildman–Crippen MR) is 15.3 cm³/mol. The van der Waals surface area contributed by atoms with Gasteiger partial charge in [-0.15, -0.1) is 0 Å². The van der Waals surface area contributed by atoms with Gasteiger partial charge in [0.15, 0.2) is 0 Å². The molecule has 31 valence electrons. The van der Waals surface area contributed by atoms with Crippen LogP contribution in [0.2, 0.25) is 0 Å². The second-order valence-electron chi connectivity index (χ2n) is 0.767. The Bertz CT molecular complexity index is 114. The quantitative estimate of drug-likeness (QED) is 0.462. The van der Waals surface area contributed by atoms with Crippen molar-refractivity contribution in [3.8, 4) is 0 Å². The fourth-order valence-corrected chi connectivity index (χ4v) is 0.171. The van der Waals surface area contributed by atoms with Crippen LogP contribution in [0.5, 0.6) is 0 Å². The minimum absolute atomic E-state index is 0.630. The van der Waals surface area contributed by atoms with E-state index in [9.17, 15) is 4.39 Å². The maximum Gasteiger partial charge on any atom is 0.254 e. The normalized spacial score (nSPS) is 8.83. The van der Waals surface area contributed by atoms with E-state index in [0.717, 1.165) is 6.07 Å². The summed E-state index contributed by atoms with van der Waals surface area (Å²) in [6, 6.07) is 1.01. The summed E-state index contributed by atoms with van der Waals surface area (Å²) in [7, 11) is 0. The van der Waals surface area contributed by atoms with Gasteiger partial charge in [-0.25, -0.2) is 0 Å². The zero-order valence-corrected chi connectivity index (χ0v) is 2.81. The Hall–Kier alpha value is -0.860. The third-order valence-electron chi connectivity index (χ3n) is 0.364. The molecule has 0 amide bonds. The lowest BCUT2D eigenvalue weighted by molar-refractivity contribution is 0.371. The highest BCUT2D eigenvalue weighted by molar-refractivity contribution is 4.71. The van der Waals surface area contributed by atoms with Crippen molar-refractivity contribution in [1.29, 1.82) is 0 Å². The molecule has 0 N–H and O–H groups in total. The van der Waals surface area contributed by atoms with Gasteiger partial charge in [0.25, 0.3) is 5.95 Å². The van der Waals surface area contributed by atoms with Gasteiger partial charge in [-0.2, -0.15) is 4.39 Å². The third kappa shape index (κ3) is 0.381. The van der Waals surface area contributed by atoms with Crippen molar-refractivity contribution in [3.63, 3.8) is 0 Å². The molecule has 1 heterocycles. The Morgan fingerprint density at radius 2 is 2.83 bits per heavy atom. The molecule has 0 unspecified atom stereocenters. The lowest BCUT2D eigenvalue weighted by Crippen LogP contribution is -1.61. The van der Waals surface area contributed by atoms with E-state index in [2.05, 4.69) is 15.9 Å². The Morgan fingerprint density at radius 1 is 2.00 bits per heavy atom. The Labute approximate surface area is 33.6 Å². The molecule has 1 radical (unpaired) electrons. The molecule has 0 aliphatic heterocycles. The maximum atomic E-state index is 11.4. The molecule has 0 saturated heterocycles. The highest BCUT2D eigenvalue weighted by atomic mass is 19.1. The highest BCUT2D eigenvalue weighted by Gasteiger charge is 1.85. The zero-order valence-electron chi connectivity index (χ0n) is 2.81. The highest BCUT2D eigenvalue weighted by Crippen LogP contribution is 1.85. The summed E-state index contributed by atoms with van der Waals surface area (Å²) in [5.74, 6) is -0.630. The second-order valence-corrected chi connectivity index (χ2v) is 0.767. The van der Waals surface area contributed by atoms with Gasteiger partial charge in [0.05, 0.1) is 0 Å². The third-order valence-corrected chi connectivity index (χ3v) is 0.364. The fourth-order valence-electron chi connectivity index (χ4n) is 0.171. The molecule has 0 atom stereocenters. The summed E-state index contributed by atoms with van der Waals surface area (Å²) in [4.78, 5) is 0. The van der Waals surface area contributed by atoms with Crippen LogP contribution < -0.4 is 0 Å². The average Bonchev–Trinajstić information content (AvgIpc) is 1.86. The van der Waals surface area contributed by atoms with E-state index in [1.165, 1.54) is 0 Å². The Kier molecular flexibility index (Phi) is 0.602. The van der Waals surface area contributed by atoms with Crippen molar-refractivity contribution >= 4 is 0 Å². The summed E-state index contributed by atoms with van der Waals surface area (Å²) < 4.78 is 15.4. The van der Waals surface area contributed by atoms with Crippen LogP contribution in [0.1, 0.15) is 0 Å². The van der Waals surface area contributed by atoms with Crippen molar-refractivity contribution in [3.05, 3.63) is 18.3 Å². The predicted octanol–water partition coefficient (Wildman–Crippen LogP) is 0.614. The first-order valence-electron chi connectivity index (χ1n) is 1.38. The van der Waals surface area contributed by atoms with Crippen molar-refractivity contribution in [2.24, 2.45) is 0 Å². The van der Waals surface area contributed by atoms with Gasteiger partial charge in [-0.05, 0) is 5.16 Å². The van der Waals surface area contributed by atoms with Crippen LogP contribution in [0, 0.1) is 12.2 Å². The monoisotopic (exact) mass is 86.0 g/mol. The van der Waals surface area contributed by atoms with E-state index >= 15 is 0 Å². The van der Waals surface area contributed by atoms with Crippen molar-refractivity contribution in [2.45, 2.75) is 0 Å². The second kappa shape index (κ2) is 1.08. The van der Waals surface area contributed by atoms with E-state index in [1.54, 1.807) is 0 Å². The van der Waals surface area contributed by atoms with Gasteiger partial charge in [0.2, 0.25) is 6.26 Å². The maximum absolute atomic E-state index is 11.4. The van der Waals surface area contributed by atoms with E-state index in [4.69, 9.17) is 0 Å². The van der Waals surface area contributed by atoms with Gasteiger partial charge < -0.3 is 4.52 Å². The first kappa shape index (κ1) is 3.33. The van der Waals surface area contributed by atoms with E-state index in [1.807, 2.05) is 0 Å². The van der Waals surface area contributed by atoms with Crippen LogP contribution >= 0.6 is 0 Å². The van der Waals surface area contributed by atoms with E-state index in [0.29, 0.717) is 0 Å². The van der Waals surface area contributed by atoms with Crippen LogP contribution in [-0.4, -0.2) is 5.16 Å². The van der Waals surface area contributed by atoms with Crippen LogP contribution in [0.15, 0.2) is 10.6 Å². The summed E-state index contributed by atoms with van der Waals surface area (Å²) in [6.07, 6.45) is 2.07. The molecular formula is C3HFNO. The Morgan fingerprint density at radius 3 is 3.00 bits per heavy atom. The van der Waals surface area contributed by atoms with Crippen molar-refractivity contribution < 1.29 is 8.91 Å². The molecule has 0 aromatic carbocycles. The molecule has 0 aliphatic carbocycles. The van der Waals surface area contributed by atoms with Gasteiger partial charge in [0.1, 0.15) is 0 Å². The Balaban J connectivity index is 3.05. The summed E-state index contributed by atoms with van der Waals surface area (Å²) in [6.45, 7) is 0. The van der Waals surface area contributed by atoms with Crippen LogP contribution in [-0.2, 0) is 0 Å². The molecule has 1 aromatic rings. The lowest BCUT2D eigenvalue weighted by Gasteiger charge is -1.57. The van der Waals surface area contributed by atoms with Gasteiger partial charge in [-0.1, -0.05) is 0 Å². The van der Waals surface area contributed by atoms with Gasteiger partial charge in [0, 0.05) is 6.07 Å². The number of aromatic nitrogens is 1. The number of halogens is 1.